The van der Waals surface area contributed by atoms with Gasteiger partial charge >= 0.3 is 0 Å². The van der Waals surface area contributed by atoms with Crippen LogP contribution in [0, 0.1) is 11.3 Å². The van der Waals surface area contributed by atoms with Gasteiger partial charge in [0.25, 0.3) is 0 Å². The van der Waals surface area contributed by atoms with Gasteiger partial charge < -0.3 is 0 Å². The molecular weight excluding hydrogens is 293 g/mol. The first-order valence-corrected chi connectivity index (χ1v) is 6.54. The highest BCUT2D eigenvalue weighted by Gasteiger charge is 2.04. The summed E-state index contributed by atoms with van der Waals surface area (Å²) in [6.07, 6.45) is 3.05. The van der Waals surface area contributed by atoms with Gasteiger partial charge in [-0.25, -0.2) is 0 Å². The van der Waals surface area contributed by atoms with E-state index in [1.54, 1.807) is 48.5 Å². The number of carbonyl (C=O) groups is 1. The van der Waals surface area contributed by atoms with Gasteiger partial charge in [-0.05, 0) is 48.0 Å². The number of hydrogen-bond donors (Lipinski definition) is 0. The molecule has 0 aromatic heterocycles. The number of hydrogen-bond acceptors (Lipinski definition) is 2. The molecule has 0 radical (unpaired) electrons. The lowest BCUT2D eigenvalue weighted by molar-refractivity contribution is 0.104. The van der Waals surface area contributed by atoms with Crippen molar-refractivity contribution in [3.8, 4) is 6.07 Å². The van der Waals surface area contributed by atoms with Crippen LogP contribution in [0.3, 0.4) is 0 Å². The molecule has 2 aromatic carbocycles. The first-order valence-electron chi connectivity index (χ1n) is 5.78. The second-order valence-corrected chi connectivity index (χ2v) is 4.81. The van der Waals surface area contributed by atoms with Gasteiger partial charge in [-0.1, -0.05) is 35.3 Å². The third-order valence-corrected chi connectivity index (χ3v) is 3.53. The molecule has 0 heterocycles. The van der Waals surface area contributed by atoms with Crippen molar-refractivity contribution >= 4 is 35.1 Å². The van der Waals surface area contributed by atoms with Crippen LogP contribution in [0.5, 0.6) is 0 Å². The van der Waals surface area contributed by atoms with Crippen molar-refractivity contribution in [2.45, 2.75) is 0 Å². The van der Waals surface area contributed by atoms with Crippen molar-refractivity contribution in [2.24, 2.45) is 0 Å². The molecule has 2 nitrogen and oxygen atoms in total. The lowest BCUT2D eigenvalue weighted by Crippen LogP contribution is -1.93. The Morgan fingerprint density at radius 3 is 2.45 bits per heavy atom. The fourth-order valence-electron chi connectivity index (χ4n) is 1.62. The Kier molecular flexibility index (Phi) is 4.57. The number of nitrogens with zero attached hydrogens (tertiary/aromatic N) is 1. The average molecular weight is 302 g/mol. The third kappa shape index (κ3) is 3.27. The van der Waals surface area contributed by atoms with Crippen molar-refractivity contribution in [3.05, 3.63) is 75.3 Å². The third-order valence-electron chi connectivity index (χ3n) is 2.69. The average Bonchev–Trinajstić information content (AvgIpc) is 2.48. The molecule has 0 N–H and O–H groups in total. The zero-order valence-corrected chi connectivity index (χ0v) is 11.8. The van der Waals surface area contributed by atoms with E-state index in [0.29, 0.717) is 26.7 Å². The summed E-state index contributed by atoms with van der Waals surface area (Å²) in [4.78, 5) is 12.0. The molecule has 20 heavy (non-hydrogen) atoms. The van der Waals surface area contributed by atoms with Crippen molar-refractivity contribution in [2.75, 3.05) is 0 Å². The second-order valence-electron chi connectivity index (χ2n) is 4.03. The summed E-state index contributed by atoms with van der Waals surface area (Å²) >= 11 is 11.9. The van der Waals surface area contributed by atoms with Crippen LogP contribution in [-0.4, -0.2) is 5.78 Å². The van der Waals surface area contributed by atoms with Crippen molar-refractivity contribution in [1.29, 1.82) is 5.26 Å². The van der Waals surface area contributed by atoms with Crippen molar-refractivity contribution < 1.29 is 4.79 Å². The van der Waals surface area contributed by atoms with Gasteiger partial charge in [-0.15, -0.1) is 0 Å². The predicted octanol–water partition coefficient (Wildman–Crippen LogP) is 4.76. The molecule has 4 heteroatoms. The normalized spacial score (nSPS) is 10.4. The van der Waals surface area contributed by atoms with Crippen LogP contribution < -0.4 is 0 Å². The number of nitriles is 1. The topological polar surface area (TPSA) is 40.9 Å². The Balaban J connectivity index is 2.20. The number of carbonyl (C=O) groups excluding carboxylic acids is 1. The van der Waals surface area contributed by atoms with Gasteiger partial charge in [0, 0.05) is 5.56 Å². The lowest BCUT2D eigenvalue weighted by Gasteiger charge is -2.00. The molecule has 0 aliphatic rings. The molecule has 0 unspecified atom stereocenters. The molecule has 0 bridgehead atoms. The van der Waals surface area contributed by atoms with E-state index in [4.69, 9.17) is 28.5 Å². The maximum Gasteiger partial charge on any atom is 0.185 e. The fourth-order valence-corrected chi connectivity index (χ4v) is 1.99. The smallest absolute Gasteiger partial charge is 0.185 e. The number of ketones is 1. The van der Waals surface area contributed by atoms with E-state index < -0.39 is 0 Å². The van der Waals surface area contributed by atoms with E-state index in [1.807, 2.05) is 6.07 Å². The van der Waals surface area contributed by atoms with Gasteiger partial charge in [-0.3, -0.25) is 4.79 Å². The molecule has 0 amide bonds. The van der Waals surface area contributed by atoms with Crippen LogP contribution in [-0.2, 0) is 0 Å². The van der Waals surface area contributed by atoms with Gasteiger partial charge in [0.05, 0.1) is 21.7 Å². The molecule has 0 fully saturated rings. The largest absolute Gasteiger partial charge is 0.289 e. The molecule has 0 atom stereocenters. The summed E-state index contributed by atoms with van der Waals surface area (Å²) < 4.78 is 0. The first-order chi connectivity index (χ1) is 9.61. The highest BCUT2D eigenvalue weighted by Crippen LogP contribution is 2.26. The van der Waals surface area contributed by atoms with Crippen LogP contribution in [0.25, 0.3) is 6.08 Å². The van der Waals surface area contributed by atoms with Gasteiger partial charge in [0.1, 0.15) is 0 Å². The SMILES string of the molecule is N#Cc1ccc(C(=O)C=Cc2cccc(Cl)c2Cl)cc1. The summed E-state index contributed by atoms with van der Waals surface area (Å²) in [6, 6.07) is 13.7. The van der Waals surface area contributed by atoms with E-state index in [2.05, 4.69) is 0 Å². The van der Waals surface area contributed by atoms with Crippen molar-refractivity contribution in [3.63, 3.8) is 0 Å². The van der Waals surface area contributed by atoms with Crippen LogP contribution >= 0.6 is 23.2 Å². The Morgan fingerprint density at radius 1 is 1.10 bits per heavy atom. The molecule has 2 aromatic rings. The van der Waals surface area contributed by atoms with Crippen LogP contribution in [0.15, 0.2) is 48.5 Å². The van der Waals surface area contributed by atoms with E-state index in [9.17, 15) is 4.79 Å². The second kappa shape index (κ2) is 6.38. The Morgan fingerprint density at radius 2 is 1.80 bits per heavy atom. The van der Waals surface area contributed by atoms with E-state index >= 15 is 0 Å². The summed E-state index contributed by atoms with van der Waals surface area (Å²) in [7, 11) is 0. The number of halogens is 2. The monoisotopic (exact) mass is 301 g/mol. The standard InChI is InChI=1S/C16H9Cl2NO/c17-14-3-1-2-13(16(14)18)8-9-15(20)12-6-4-11(10-19)5-7-12/h1-9H. The maximum atomic E-state index is 12.0. The van der Waals surface area contributed by atoms with Gasteiger partial charge in [0.2, 0.25) is 0 Å². The summed E-state index contributed by atoms with van der Waals surface area (Å²) in [5.41, 5.74) is 1.71. The summed E-state index contributed by atoms with van der Waals surface area (Å²) in [6.45, 7) is 0. The van der Waals surface area contributed by atoms with E-state index in [1.165, 1.54) is 6.08 Å². The number of benzene rings is 2. The predicted molar refractivity (Wildman–Crippen MR) is 81.0 cm³/mol. The number of allylic oxidation sites excluding steroid dienone is 1. The highest BCUT2D eigenvalue weighted by atomic mass is 35.5. The Bertz CT molecular complexity index is 712. The Labute approximate surface area is 126 Å². The van der Waals surface area contributed by atoms with E-state index in [-0.39, 0.29) is 5.78 Å². The summed E-state index contributed by atoms with van der Waals surface area (Å²) in [5.74, 6) is -0.162. The molecule has 0 saturated heterocycles. The molecule has 98 valence electrons. The minimum Gasteiger partial charge on any atom is -0.289 e. The molecule has 0 saturated carbocycles. The van der Waals surface area contributed by atoms with Crippen LogP contribution in [0.1, 0.15) is 21.5 Å². The lowest BCUT2D eigenvalue weighted by atomic mass is 10.1. The minimum atomic E-state index is -0.162. The fraction of sp³-hybridized carbons (Fsp3) is 0. The quantitative estimate of drug-likeness (QED) is 0.606. The Hall–Kier alpha value is -2.08. The molecule has 0 aliphatic heterocycles. The van der Waals surface area contributed by atoms with Crippen LogP contribution in [0.4, 0.5) is 0 Å². The van der Waals surface area contributed by atoms with E-state index in [0.717, 1.165) is 0 Å². The molecular formula is C16H9Cl2NO. The van der Waals surface area contributed by atoms with Crippen LogP contribution in [0.2, 0.25) is 10.0 Å². The highest BCUT2D eigenvalue weighted by molar-refractivity contribution is 6.42. The minimum absolute atomic E-state index is 0.162. The van der Waals surface area contributed by atoms with Gasteiger partial charge in [0.15, 0.2) is 5.78 Å². The molecule has 2 rings (SSSR count). The number of rotatable bonds is 3. The summed E-state index contributed by atoms with van der Waals surface area (Å²) in [5, 5.41) is 9.56. The zero-order chi connectivity index (χ0) is 14.5. The maximum absolute atomic E-state index is 12.0. The van der Waals surface area contributed by atoms with Crippen molar-refractivity contribution in [1.82, 2.24) is 0 Å². The molecule has 0 spiro atoms. The zero-order valence-electron chi connectivity index (χ0n) is 10.3. The molecule has 0 aliphatic carbocycles. The first kappa shape index (κ1) is 14.3. The van der Waals surface area contributed by atoms with Gasteiger partial charge in [-0.2, -0.15) is 5.26 Å².